The number of rotatable bonds is 13. The van der Waals surface area contributed by atoms with Crippen LogP contribution in [0.1, 0.15) is 12.0 Å². The normalized spacial score (nSPS) is 13.4. The number of ether oxygens (including phenoxy) is 5. The van der Waals surface area contributed by atoms with Crippen LogP contribution in [-0.4, -0.2) is 88.0 Å². The first-order valence-corrected chi connectivity index (χ1v) is 14.3. The molecular formula is C27H32N4O9S. The van der Waals surface area contributed by atoms with Gasteiger partial charge in [-0.1, -0.05) is 12.1 Å². The van der Waals surface area contributed by atoms with Crippen LogP contribution in [0.2, 0.25) is 0 Å². The molecule has 13 nitrogen and oxygen atoms in total. The molecule has 1 saturated heterocycles. The number of hydrogen-bond acceptors (Lipinski definition) is 11. The number of benzene rings is 2. The second kappa shape index (κ2) is 14.0. The van der Waals surface area contributed by atoms with E-state index in [1.807, 2.05) is 0 Å². The third kappa shape index (κ3) is 7.54. The quantitative estimate of drug-likeness (QED) is 0.302. The average molecular weight is 589 g/mol. The fraction of sp³-hybridized carbons (Fsp3) is 0.370. The summed E-state index contributed by atoms with van der Waals surface area (Å²) in [4.78, 5) is 22.6. The van der Waals surface area contributed by atoms with Crippen molar-refractivity contribution in [2.24, 2.45) is 0 Å². The Balaban J connectivity index is 1.66. The fourth-order valence-electron chi connectivity index (χ4n) is 4.12. The molecule has 14 heteroatoms. The molecule has 1 aliphatic rings. The van der Waals surface area contributed by atoms with E-state index in [0.29, 0.717) is 43.4 Å². The molecule has 3 aromatic rings. The number of aliphatic hydroxyl groups is 1. The van der Waals surface area contributed by atoms with Crippen molar-refractivity contribution in [3.63, 3.8) is 0 Å². The van der Waals surface area contributed by atoms with E-state index in [-0.39, 0.29) is 60.1 Å². The summed E-state index contributed by atoms with van der Waals surface area (Å²) >= 11 is 0. The predicted molar refractivity (Wildman–Crippen MR) is 147 cm³/mol. The number of aliphatic hydroxyl groups excluding tert-OH is 1. The van der Waals surface area contributed by atoms with E-state index in [0.717, 1.165) is 6.33 Å². The number of aromatic nitrogens is 2. The van der Waals surface area contributed by atoms with E-state index in [4.69, 9.17) is 23.7 Å². The number of aryl methyl sites for hydroxylation is 1. The highest BCUT2D eigenvalue weighted by atomic mass is 32.2. The van der Waals surface area contributed by atoms with Crippen molar-refractivity contribution in [3.8, 4) is 28.9 Å². The topological polar surface area (TPSA) is 159 Å². The SMILES string of the molecule is COc1ccc(S(=O)(=O)Nc2ncnc(OCCO)c2Oc2ccccc2OC)c(CCC(=O)N2CCOCC2)c1. The maximum absolute atomic E-state index is 13.7. The van der Waals surface area contributed by atoms with Crippen molar-refractivity contribution in [3.05, 3.63) is 54.4 Å². The van der Waals surface area contributed by atoms with Gasteiger partial charge in [-0.2, -0.15) is 4.98 Å². The van der Waals surface area contributed by atoms with E-state index in [1.165, 1.54) is 26.4 Å². The summed E-state index contributed by atoms with van der Waals surface area (Å²) in [5.41, 5.74) is 0.386. The third-order valence-corrected chi connectivity index (χ3v) is 7.58. The molecule has 0 unspecified atom stereocenters. The molecule has 1 fully saturated rings. The standard InChI is InChI=1S/C27H32N4O9S/c1-36-20-8-9-23(19(17-20)7-10-24(33)31-11-14-38-15-12-31)41(34,35)30-26-25(27(29-18-28-26)39-16-13-32)40-22-6-4-3-5-21(22)37-2/h3-6,8-9,17-18,32H,7,10-16H2,1-2H3,(H,28,29,30). The monoisotopic (exact) mass is 588 g/mol. The molecule has 220 valence electrons. The van der Waals surface area contributed by atoms with Crippen LogP contribution >= 0.6 is 0 Å². The highest BCUT2D eigenvalue weighted by molar-refractivity contribution is 7.92. The highest BCUT2D eigenvalue weighted by Gasteiger charge is 2.26. The minimum Gasteiger partial charge on any atom is -0.497 e. The summed E-state index contributed by atoms with van der Waals surface area (Å²) in [5.74, 6) is 0.549. The minimum atomic E-state index is -4.27. The highest BCUT2D eigenvalue weighted by Crippen LogP contribution is 2.40. The van der Waals surface area contributed by atoms with Crippen LogP contribution in [0.15, 0.2) is 53.7 Å². The molecule has 4 rings (SSSR count). The number of carbonyl (C=O) groups excluding carboxylic acids is 1. The maximum Gasteiger partial charge on any atom is 0.263 e. The lowest BCUT2D eigenvalue weighted by molar-refractivity contribution is -0.135. The van der Waals surface area contributed by atoms with Gasteiger partial charge in [0.25, 0.3) is 15.9 Å². The minimum absolute atomic E-state index is 0.0623. The van der Waals surface area contributed by atoms with Crippen molar-refractivity contribution in [1.82, 2.24) is 14.9 Å². The molecule has 1 aliphatic heterocycles. The number of methoxy groups -OCH3 is 2. The van der Waals surface area contributed by atoms with Gasteiger partial charge < -0.3 is 33.7 Å². The molecule has 2 N–H and O–H groups in total. The van der Waals surface area contributed by atoms with Crippen molar-refractivity contribution in [2.75, 3.05) is 58.5 Å². The van der Waals surface area contributed by atoms with Gasteiger partial charge in [-0.3, -0.25) is 9.52 Å². The maximum atomic E-state index is 13.7. The summed E-state index contributed by atoms with van der Waals surface area (Å²) in [6, 6.07) is 11.2. The Morgan fingerprint density at radius 3 is 2.54 bits per heavy atom. The molecule has 0 saturated carbocycles. The predicted octanol–water partition coefficient (Wildman–Crippen LogP) is 2.25. The molecule has 41 heavy (non-hydrogen) atoms. The van der Waals surface area contributed by atoms with Gasteiger partial charge in [-0.15, -0.1) is 0 Å². The van der Waals surface area contributed by atoms with Gasteiger partial charge in [0, 0.05) is 19.5 Å². The zero-order valence-electron chi connectivity index (χ0n) is 22.7. The Hall–Kier alpha value is -4.14. The number of nitrogens with one attached hydrogen (secondary N) is 1. The van der Waals surface area contributed by atoms with Crippen LogP contribution in [0.4, 0.5) is 5.82 Å². The molecule has 0 spiro atoms. The molecule has 2 heterocycles. The first-order valence-electron chi connectivity index (χ1n) is 12.8. The lowest BCUT2D eigenvalue weighted by atomic mass is 10.1. The van der Waals surface area contributed by atoms with Crippen LogP contribution in [0.5, 0.6) is 28.9 Å². The number of para-hydroxylation sites is 2. The molecule has 2 aromatic carbocycles. The van der Waals surface area contributed by atoms with Crippen LogP contribution < -0.4 is 23.7 Å². The summed E-state index contributed by atoms with van der Waals surface area (Å²) in [6.07, 6.45) is 1.36. The fourth-order valence-corrected chi connectivity index (χ4v) is 5.38. The zero-order chi connectivity index (χ0) is 29.2. The number of morpholine rings is 1. The van der Waals surface area contributed by atoms with Crippen LogP contribution in [-0.2, 0) is 26.0 Å². The van der Waals surface area contributed by atoms with E-state index in [9.17, 15) is 18.3 Å². The van der Waals surface area contributed by atoms with E-state index in [1.54, 1.807) is 35.2 Å². The van der Waals surface area contributed by atoms with Crippen molar-refractivity contribution in [1.29, 1.82) is 0 Å². The summed E-state index contributed by atoms with van der Waals surface area (Å²) in [5, 5.41) is 9.26. The molecule has 0 radical (unpaired) electrons. The van der Waals surface area contributed by atoms with Crippen molar-refractivity contribution >= 4 is 21.7 Å². The average Bonchev–Trinajstić information content (AvgIpc) is 3.00. The smallest absolute Gasteiger partial charge is 0.263 e. The van der Waals surface area contributed by atoms with Crippen molar-refractivity contribution < 1.29 is 42.0 Å². The summed E-state index contributed by atoms with van der Waals surface area (Å²) < 4.78 is 57.4. The number of sulfonamides is 1. The lowest BCUT2D eigenvalue weighted by Gasteiger charge is -2.27. The molecular weight excluding hydrogens is 556 g/mol. The summed E-state index contributed by atoms with van der Waals surface area (Å²) in [7, 11) is -1.33. The first kappa shape index (κ1) is 29.8. The Labute approximate surface area is 238 Å². The van der Waals surface area contributed by atoms with Crippen LogP contribution in [0.3, 0.4) is 0 Å². The third-order valence-electron chi connectivity index (χ3n) is 6.14. The van der Waals surface area contributed by atoms with E-state index < -0.39 is 10.0 Å². The first-order chi connectivity index (χ1) is 19.9. The number of anilines is 1. The number of amides is 1. The van der Waals surface area contributed by atoms with Gasteiger partial charge in [0.2, 0.25) is 11.7 Å². The van der Waals surface area contributed by atoms with Gasteiger partial charge in [0.05, 0.1) is 38.9 Å². The van der Waals surface area contributed by atoms with Gasteiger partial charge in [0.15, 0.2) is 17.3 Å². The lowest BCUT2D eigenvalue weighted by Crippen LogP contribution is -2.40. The molecule has 0 bridgehead atoms. The summed E-state index contributed by atoms with van der Waals surface area (Å²) in [6.45, 7) is 1.50. The largest absolute Gasteiger partial charge is 0.497 e. The number of carbonyl (C=O) groups is 1. The Morgan fingerprint density at radius 1 is 1.07 bits per heavy atom. The van der Waals surface area contributed by atoms with Gasteiger partial charge >= 0.3 is 0 Å². The second-order valence-corrected chi connectivity index (χ2v) is 10.4. The van der Waals surface area contributed by atoms with Gasteiger partial charge in [-0.25, -0.2) is 13.4 Å². The molecule has 1 aromatic heterocycles. The second-order valence-electron chi connectivity index (χ2n) is 8.75. The van der Waals surface area contributed by atoms with Gasteiger partial charge in [0.1, 0.15) is 18.7 Å². The molecule has 0 aliphatic carbocycles. The Bertz CT molecular complexity index is 1450. The van der Waals surface area contributed by atoms with Crippen LogP contribution in [0.25, 0.3) is 0 Å². The van der Waals surface area contributed by atoms with E-state index >= 15 is 0 Å². The molecule has 0 atom stereocenters. The zero-order valence-corrected chi connectivity index (χ0v) is 23.6. The Morgan fingerprint density at radius 2 is 1.83 bits per heavy atom. The number of hydrogen-bond donors (Lipinski definition) is 2. The van der Waals surface area contributed by atoms with Crippen molar-refractivity contribution in [2.45, 2.75) is 17.7 Å². The van der Waals surface area contributed by atoms with Gasteiger partial charge in [-0.05, 0) is 42.3 Å². The molecule has 1 amide bonds. The number of nitrogens with zero attached hydrogens (tertiary/aromatic N) is 3. The van der Waals surface area contributed by atoms with Crippen LogP contribution in [0, 0.1) is 0 Å². The van der Waals surface area contributed by atoms with E-state index in [2.05, 4.69) is 14.7 Å². The Kier molecular flexibility index (Phi) is 10.2.